The molecule has 0 amide bonds. The topological polar surface area (TPSA) is 78.6 Å². The van der Waals surface area contributed by atoms with Crippen LogP contribution in [0.15, 0.2) is 12.1 Å². The number of nitrogens with two attached hydrogens (primary N) is 1. The van der Waals surface area contributed by atoms with Gasteiger partial charge in [0.05, 0.1) is 6.61 Å². The Morgan fingerprint density at radius 2 is 1.91 bits per heavy atom. The molecule has 0 spiro atoms. The van der Waals surface area contributed by atoms with E-state index in [-0.39, 0.29) is 0 Å². The lowest BCUT2D eigenvalue weighted by molar-refractivity contribution is -0.137. The molecule has 2 N–H and O–H groups in total. The third kappa shape index (κ3) is 4.35. The summed E-state index contributed by atoms with van der Waals surface area (Å²) in [7, 11) is 0. The molecule has 0 saturated heterocycles. The number of rotatable bonds is 6. The Kier molecular flexibility index (Phi) is 6.63. The summed E-state index contributed by atoms with van der Waals surface area (Å²) in [4.78, 5) is 22.8. The number of anilines is 1. The standard InChI is InChI=1S/C17H23NO4/c1-5-12-10-13(8-9-15(20)21-7-3)17(22-11(4)19)14(6-2)16(12)18/h8-10H,5-7,18H2,1-4H3. The van der Waals surface area contributed by atoms with Crippen molar-refractivity contribution in [2.24, 2.45) is 0 Å². The summed E-state index contributed by atoms with van der Waals surface area (Å²) in [5.41, 5.74) is 9.16. The van der Waals surface area contributed by atoms with Crippen LogP contribution >= 0.6 is 0 Å². The van der Waals surface area contributed by atoms with E-state index in [9.17, 15) is 9.59 Å². The van der Waals surface area contributed by atoms with Crippen molar-refractivity contribution in [2.75, 3.05) is 12.3 Å². The number of hydrogen-bond donors (Lipinski definition) is 1. The molecule has 0 radical (unpaired) electrons. The molecule has 5 heteroatoms. The minimum absolute atomic E-state index is 0.308. The molecule has 0 aliphatic rings. The van der Waals surface area contributed by atoms with Crippen molar-refractivity contribution in [1.82, 2.24) is 0 Å². The van der Waals surface area contributed by atoms with Crippen molar-refractivity contribution in [3.05, 3.63) is 28.8 Å². The van der Waals surface area contributed by atoms with Crippen LogP contribution in [0, 0.1) is 0 Å². The molecule has 1 rings (SSSR count). The molecule has 0 saturated carbocycles. The van der Waals surface area contributed by atoms with Crippen LogP contribution in [0.5, 0.6) is 5.75 Å². The van der Waals surface area contributed by atoms with E-state index in [0.29, 0.717) is 30.0 Å². The van der Waals surface area contributed by atoms with E-state index in [1.54, 1.807) is 13.0 Å². The van der Waals surface area contributed by atoms with Gasteiger partial charge in [-0.1, -0.05) is 13.8 Å². The molecule has 5 nitrogen and oxygen atoms in total. The molecule has 22 heavy (non-hydrogen) atoms. The van der Waals surface area contributed by atoms with Gasteiger partial charge in [-0.2, -0.15) is 0 Å². The maximum atomic E-state index is 11.5. The molecule has 0 heterocycles. The molecule has 0 atom stereocenters. The van der Waals surface area contributed by atoms with Gasteiger partial charge in [0, 0.05) is 29.8 Å². The molecular weight excluding hydrogens is 282 g/mol. The van der Waals surface area contributed by atoms with Crippen molar-refractivity contribution in [2.45, 2.75) is 40.5 Å². The molecule has 0 bridgehead atoms. The first-order valence-electron chi connectivity index (χ1n) is 7.41. The van der Waals surface area contributed by atoms with Crippen LogP contribution in [-0.4, -0.2) is 18.5 Å². The number of aryl methyl sites for hydroxylation is 1. The van der Waals surface area contributed by atoms with Gasteiger partial charge in [0.1, 0.15) is 5.75 Å². The van der Waals surface area contributed by atoms with Crippen LogP contribution in [0.3, 0.4) is 0 Å². The van der Waals surface area contributed by atoms with Crippen LogP contribution in [0.25, 0.3) is 6.08 Å². The molecule has 0 aliphatic heterocycles. The Balaban J connectivity index is 3.38. The number of benzene rings is 1. The highest BCUT2D eigenvalue weighted by atomic mass is 16.5. The Morgan fingerprint density at radius 1 is 1.23 bits per heavy atom. The molecule has 0 aromatic heterocycles. The number of hydrogen-bond acceptors (Lipinski definition) is 5. The highest BCUT2D eigenvalue weighted by molar-refractivity contribution is 5.88. The SMILES string of the molecule is CCOC(=O)C=Cc1cc(CC)c(N)c(CC)c1OC(C)=O. The highest BCUT2D eigenvalue weighted by Gasteiger charge is 2.16. The number of carbonyl (C=O) groups is 2. The van der Waals surface area contributed by atoms with Gasteiger partial charge in [-0.15, -0.1) is 0 Å². The number of nitrogen functional groups attached to an aromatic ring is 1. The summed E-state index contributed by atoms with van der Waals surface area (Å²) in [6.07, 6.45) is 4.29. The van der Waals surface area contributed by atoms with E-state index >= 15 is 0 Å². The zero-order chi connectivity index (χ0) is 16.7. The molecule has 0 fully saturated rings. The largest absolute Gasteiger partial charge is 0.463 e. The Hall–Kier alpha value is -2.30. The van der Waals surface area contributed by atoms with Gasteiger partial charge in [0.15, 0.2) is 0 Å². The van der Waals surface area contributed by atoms with Gasteiger partial charge in [-0.05, 0) is 37.5 Å². The number of esters is 2. The van der Waals surface area contributed by atoms with Crippen LogP contribution in [0.2, 0.25) is 0 Å². The third-order valence-electron chi connectivity index (χ3n) is 3.20. The second kappa shape index (κ2) is 8.22. The Morgan fingerprint density at radius 3 is 2.41 bits per heavy atom. The predicted octanol–water partition coefficient (Wildman–Crippen LogP) is 2.90. The van der Waals surface area contributed by atoms with Crippen molar-refractivity contribution in [3.8, 4) is 5.75 Å². The van der Waals surface area contributed by atoms with E-state index in [1.807, 2.05) is 19.9 Å². The molecule has 1 aromatic carbocycles. The smallest absolute Gasteiger partial charge is 0.330 e. The minimum atomic E-state index is -0.441. The van der Waals surface area contributed by atoms with Crippen LogP contribution in [0.4, 0.5) is 5.69 Å². The Bertz CT molecular complexity index is 591. The summed E-state index contributed by atoms with van der Waals surface area (Å²) in [6, 6.07) is 1.84. The molecule has 0 unspecified atom stereocenters. The first kappa shape index (κ1) is 17.8. The average molecular weight is 305 g/mol. The fraction of sp³-hybridized carbons (Fsp3) is 0.412. The van der Waals surface area contributed by atoms with Gasteiger partial charge in [0.2, 0.25) is 0 Å². The average Bonchev–Trinajstić information content (AvgIpc) is 2.46. The lowest BCUT2D eigenvalue weighted by Crippen LogP contribution is -2.09. The van der Waals surface area contributed by atoms with E-state index in [0.717, 1.165) is 17.5 Å². The molecule has 0 aliphatic carbocycles. The van der Waals surface area contributed by atoms with E-state index < -0.39 is 11.9 Å². The van der Waals surface area contributed by atoms with Crippen LogP contribution < -0.4 is 10.5 Å². The summed E-state index contributed by atoms with van der Waals surface area (Å²) >= 11 is 0. The maximum Gasteiger partial charge on any atom is 0.330 e. The predicted molar refractivity (Wildman–Crippen MR) is 86.6 cm³/mol. The second-order valence-electron chi connectivity index (χ2n) is 4.73. The van der Waals surface area contributed by atoms with Crippen molar-refractivity contribution < 1.29 is 19.1 Å². The number of ether oxygens (including phenoxy) is 2. The zero-order valence-electron chi connectivity index (χ0n) is 13.6. The highest BCUT2D eigenvalue weighted by Crippen LogP contribution is 2.34. The van der Waals surface area contributed by atoms with E-state index in [4.69, 9.17) is 15.2 Å². The normalized spacial score (nSPS) is 10.7. The lowest BCUT2D eigenvalue weighted by atomic mass is 9.97. The lowest BCUT2D eigenvalue weighted by Gasteiger charge is -2.16. The van der Waals surface area contributed by atoms with Crippen LogP contribution in [-0.2, 0) is 27.2 Å². The molecule has 120 valence electrons. The zero-order valence-corrected chi connectivity index (χ0v) is 13.6. The van der Waals surface area contributed by atoms with Crippen molar-refractivity contribution in [1.29, 1.82) is 0 Å². The van der Waals surface area contributed by atoms with Gasteiger partial charge < -0.3 is 15.2 Å². The van der Waals surface area contributed by atoms with Crippen LogP contribution in [0.1, 0.15) is 44.4 Å². The number of carbonyl (C=O) groups excluding carboxylic acids is 2. The minimum Gasteiger partial charge on any atom is -0.463 e. The van der Waals surface area contributed by atoms with Crippen molar-refractivity contribution in [3.63, 3.8) is 0 Å². The van der Waals surface area contributed by atoms with Gasteiger partial charge >= 0.3 is 11.9 Å². The summed E-state index contributed by atoms with van der Waals surface area (Å²) in [5.74, 6) is -0.460. The van der Waals surface area contributed by atoms with Gasteiger partial charge in [-0.25, -0.2) is 4.79 Å². The molecular formula is C17H23NO4. The monoisotopic (exact) mass is 305 g/mol. The maximum absolute atomic E-state index is 11.5. The summed E-state index contributed by atoms with van der Waals surface area (Å²) < 4.78 is 10.2. The van der Waals surface area contributed by atoms with Gasteiger partial charge in [-0.3, -0.25) is 4.79 Å². The van der Waals surface area contributed by atoms with Crippen molar-refractivity contribution >= 4 is 23.7 Å². The summed E-state index contributed by atoms with van der Waals surface area (Å²) in [6.45, 7) is 7.32. The second-order valence-corrected chi connectivity index (χ2v) is 4.73. The fourth-order valence-corrected chi connectivity index (χ4v) is 2.20. The Labute approximate surface area is 131 Å². The third-order valence-corrected chi connectivity index (χ3v) is 3.20. The molecule has 1 aromatic rings. The van der Waals surface area contributed by atoms with E-state index in [2.05, 4.69) is 0 Å². The first-order chi connectivity index (χ1) is 10.4. The van der Waals surface area contributed by atoms with E-state index in [1.165, 1.54) is 13.0 Å². The quantitative estimate of drug-likeness (QED) is 0.378. The summed E-state index contributed by atoms with van der Waals surface area (Å²) in [5, 5.41) is 0. The fourth-order valence-electron chi connectivity index (χ4n) is 2.20. The first-order valence-corrected chi connectivity index (χ1v) is 7.41. The van der Waals surface area contributed by atoms with Gasteiger partial charge in [0.25, 0.3) is 0 Å².